The fourth-order valence-electron chi connectivity index (χ4n) is 0.734. The molecule has 0 aliphatic rings. The van der Waals surface area contributed by atoms with Crippen LogP contribution in [0.3, 0.4) is 0 Å². The molecule has 1 aromatic heterocycles. The minimum absolute atomic E-state index is 0.217. The van der Waals surface area contributed by atoms with Crippen LogP contribution in [0.1, 0.15) is 15.5 Å². The molecule has 1 heterocycles. The largest absolute Gasteiger partial charge is 0.346 e. The third kappa shape index (κ3) is 3.16. The van der Waals surface area contributed by atoms with E-state index in [9.17, 15) is 4.79 Å². The van der Waals surface area contributed by atoms with E-state index in [1.165, 1.54) is 11.3 Å². The summed E-state index contributed by atoms with van der Waals surface area (Å²) in [6.45, 7) is 5.58. The van der Waals surface area contributed by atoms with Crippen molar-refractivity contribution >= 4 is 28.8 Å². The lowest BCUT2D eigenvalue weighted by atomic mass is 10.4. The van der Waals surface area contributed by atoms with Crippen molar-refractivity contribution in [1.29, 1.82) is 0 Å². The number of hydrogen-bond acceptors (Lipinski definition) is 3. The second kappa shape index (κ2) is 4.39. The minimum Gasteiger partial charge on any atom is -0.346 e. The number of rotatable bonds is 3. The van der Waals surface area contributed by atoms with Gasteiger partial charge in [0.25, 0.3) is 5.91 Å². The lowest BCUT2D eigenvalue weighted by Crippen LogP contribution is -2.24. The van der Waals surface area contributed by atoms with Crippen LogP contribution in [0.15, 0.2) is 17.0 Å². The molecular weight excluding hydrogens is 208 g/mol. The molecule has 1 N–H and O–H groups in total. The molecule has 70 valence electrons. The lowest BCUT2D eigenvalue weighted by molar-refractivity contribution is 0.0953. The number of nitrogens with one attached hydrogen (secondary N) is 1. The van der Waals surface area contributed by atoms with Crippen molar-refractivity contribution in [3.8, 4) is 0 Å². The van der Waals surface area contributed by atoms with Crippen LogP contribution in [0.4, 0.5) is 0 Å². The number of aromatic nitrogens is 1. The van der Waals surface area contributed by atoms with Crippen molar-refractivity contribution in [1.82, 2.24) is 10.3 Å². The molecule has 1 aromatic rings. The first-order chi connectivity index (χ1) is 6.09. The predicted octanol–water partition coefficient (Wildman–Crippen LogP) is 1.93. The SMILES string of the molecule is C=C(Cl)CNC(=O)c1csc(C)n1. The maximum Gasteiger partial charge on any atom is 0.271 e. The first kappa shape index (κ1) is 10.2. The number of hydrogen-bond donors (Lipinski definition) is 1. The molecule has 1 amide bonds. The summed E-state index contributed by atoms with van der Waals surface area (Å²) in [5.41, 5.74) is 0.431. The van der Waals surface area contributed by atoms with Gasteiger partial charge < -0.3 is 5.32 Å². The molecule has 0 atom stereocenters. The van der Waals surface area contributed by atoms with E-state index < -0.39 is 0 Å². The molecule has 0 bridgehead atoms. The summed E-state index contributed by atoms with van der Waals surface area (Å²) in [4.78, 5) is 15.3. The third-order valence-corrected chi connectivity index (χ3v) is 2.20. The molecule has 3 nitrogen and oxygen atoms in total. The Morgan fingerprint density at radius 2 is 2.54 bits per heavy atom. The Bertz CT molecular complexity index is 335. The van der Waals surface area contributed by atoms with Crippen LogP contribution >= 0.6 is 22.9 Å². The third-order valence-electron chi connectivity index (χ3n) is 1.29. The zero-order valence-electron chi connectivity index (χ0n) is 7.13. The molecular formula is C8H9ClN2OS. The van der Waals surface area contributed by atoms with E-state index in [0.29, 0.717) is 10.7 Å². The van der Waals surface area contributed by atoms with Gasteiger partial charge in [-0.1, -0.05) is 18.2 Å². The number of carbonyl (C=O) groups is 1. The summed E-state index contributed by atoms with van der Waals surface area (Å²) in [6, 6.07) is 0. The van der Waals surface area contributed by atoms with Gasteiger partial charge in [0, 0.05) is 10.4 Å². The van der Waals surface area contributed by atoms with Crippen molar-refractivity contribution < 1.29 is 4.79 Å². The molecule has 0 unspecified atom stereocenters. The van der Waals surface area contributed by atoms with E-state index in [-0.39, 0.29) is 12.5 Å². The number of aryl methyl sites for hydroxylation is 1. The molecule has 0 radical (unpaired) electrons. The van der Waals surface area contributed by atoms with Crippen LogP contribution in [0.25, 0.3) is 0 Å². The highest BCUT2D eigenvalue weighted by atomic mass is 35.5. The summed E-state index contributed by atoms with van der Waals surface area (Å²) in [7, 11) is 0. The Kier molecular flexibility index (Phi) is 3.45. The summed E-state index contributed by atoms with van der Waals surface area (Å²) < 4.78 is 0. The molecule has 1 rings (SSSR count). The first-order valence-corrected chi connectivity index (χ1v) is 4.89. The van der Waals surface area contributed by atoms with Gasteiger partial charge in [-0.15, -0.1) is 11.3 Å². The topological polar surface area (TPSA) is 42.0 Å². The average Bonchev–Trinajstić information content (AvgIpc) is 2.47. The van der Waals surface area contributed by atoms with E-state index in [0.717, 1.165) is 5.01 Å². The van der Waals surface area contributed by atoms with Crippen molar-refractivity contribution in [2.24, 2.45) is 0 Å². The van der Waals surface area contributed by atoms with E-state index in [4.69, 9.17) is 11.6 Å². The fraction of sp³-hybridized carbons (Fsp3) is 0.250. The Labute approximate surface area is 85.4 Å². The van der Waals surface area contributed by atoms with Gasteiger partial charge in [-0.05, 0) is 6.92 Å². The molecule has 0 fully saturated rings. The van der Waals surface area contributed by atoms with Gasteiger partial charge in [-0.2, -0.15) is 0 Å². The maximum absolute atomic E-state index is 11.3. The van der Waals surface area contributed by atoms with Gasteiger partial charge in [0.15, 0.2) is 0 Å². The standard InChI is InChI=1S/C8H9ClN2OS/c1-5(9)3-10-8(12)7-4-13-6(2)11-7/h4H,1,3H2,2H3,(H,10,12). The normalized spacial score (nSPS) is 9.69. The number of thiazole rings is 1. The second-order valence-electron chi connectivity index (χ2n) is 2.45. The van der Waals surface area contributed by atoms with Gasteiger partial charge in [-0.25, -0.2) is 4.98 Å². The second-order valence-corrected chi connectivity index (χ2v) is 4.05. The Morgan fingerprint density at radius 1 is 1.85 bits per heavy atom. The van der Waals surface area contributed by atoms with Gasteiger partial charge in [0.05, 0.1) is 11.6 Å². The van der Waals surface area contributed by atoms with Gasteiger partial charge in [0.2, 0.25) is 0 Å². The molecule has 0 spiro atoms. The smallest absolute Gasteiger partial charge is 0.271 e. The molecule has 0 aliphatic heterocycles. The zero-order valence-corrected chi connectivity index (χ0v) is 8.71. The summed E-state index contributed by atoms with van der Waals surface area (Å²) >= 11 is 6.93. The van der Waals surface area contributed by atoms with Gasteiger partial charge in [-0.3, -0.25) is 4.79 Å². The van der Waals surface area contributed by atoms with Crippen LogP contribution in [0, 0.1) is 6.92 Å². The van der Waals surface area contributed by atoms with Crippen molar-refractivity contribution in [3.05, 3.63) is 27.7 Å². The zero-order chi connectivity index (χ0) is 9.84. The minimum atomic E-state index is -0.217. The van der Waals surface area contributed by atoms with Crippen molar-refractivity contribution in [2.75, 3.05) is 6.54 Å². The van der Waals surface area contributed by atoms with Crippen molar-refractivity contribution in [3.63, 3.8) is 0 Å². The molecule has 5 heteroatoms. The van der Waals surface area contributed by atoms with Gasteiger partial charge >= 0.3 is 0 Å². The summed E-state index contributed by atoms with van der Waals surface area (Å²) in [6.07, 6.45) is 0. The Balaban J connectivity index is 2.54. The number of nitrogens with zero attached hydrogens (tertiary/aromatic N) is 1. The highest BCUT2D eigenvalue weighted by molar-refractivity contribution is 7.09. The van der Waals surface area contributed by atoms with Crippen LogP contribution in [0.5, 0.6) is 0 Å². The maximum atomic E-state index is 11.3. The van der Waals surface area contributed by atoms with E-state index >= 15 is 0 Å². The van der Waals surface area contributed by atoms with Crippen LogP contribution in [0.2, 0.25) is 0 Å². The number of halogens is 1. The lowest BCUT2D eigenvalue weighted by Gasteiger charge is -1.99. The Morgan fingerprint density at radius 3 is 3.00 bits per heavy atom. The first-order valence-electron chi connectivity index (χ1n) is 3.63. The summed E-state index contributed by atoms with van der Waals surface area (Å²) in [5, 5.41) is 5.57. The van der Waals surface area contributed by atoms with Crippen LogP contribution in [-0.4, -0.2) is 17.4 Å². The highest BCUT2D eigenvalue weighted by Crippen LogP contribution is 2.07. The predicted molar refractivity (Wildman–Crippen MR) is 54.2 cm³/mol. The monoisotopic (exact) mass is 216 g/mol. The molecule has 0 aromatic carbocycles. The average molecular weight is 217 g/mol. The number of amides is 1. The van der Waals surface area contributed by atoms with Gasteiger partial charge in [0.1, 0.15) is 5.69 Å². The molecule has 0 saturated heterocycles. The highest BCUT2D eigenvalue weighted by Gasteiger charge is 2.07. The van der Waals surface area contributed by atoms with E-state index in [1.54, 1.807) is 5.38 Å². The fourth-order valence-corrected chi connectivity index (χ4v) is 1.39. The quantitative estimate of drug-likeness (QED) is 0.839. The van der Waals surface area contributed by atoms with Crippen LogP contribution < -0.4 is 5.32 Å². The van der Waals surface area contributed by atoms with E-state index in [1.807, 2.05) is 6.92 Å². The molecule has 13 heavy (non-hydrogen) atoms. The summed E-state index contributed by atoms with van der Waals surface area (Å²) in [5.74, 6) is -0.217. The Hall–Kier alpha value is -0.870. The number of carbonyl (C=O) groups excluding carboxylic acids is 1. The molecule has 0 saturated carbocycles. The van der Waals surface area contributed by atoms with E-state index in [2.05, 4.69) is 16.9 Å². The van der Waals surface area contributed by atoms with Crippen LogP contribution in [-0.2, 0) is 0 Å². The van der Waals surface area contributed by atoms with Crippen molar-refractivity contribution in [2.45, 2.75) is 6.92 Å². The molecule has 0 aliphatic carbocycles.